The third-order valence-corrected chi connectivity index (χ3v) is 2.87. The summed E-state index contributed by atoms with van der Waals surface area (Å²) in [5.41, 5.74) is 1.63. The van der Waals surface area contributed by atoms with Gasteiger partial charge in [-0.15, -0.1) is 10.2 Å². The highest BCUT2D eigenvalue weighted by Crippen LogP contribution is 2.17. The van der Waals surface area contributed by atoms with Crippen LogP contribution in [0.1, 0.15) is 11.6 Å². The number of hydrogen-bond donors (Lipinski definition) is 1. The molecule has 0 saturated heterocycles. The molecular formula is C15H13FN4O. The molecule has 2 aromatic heterocycles. The largest absolute Gasteiger partial charge is 0.419 e. The number of nitrogens with one attached hydrogen (secondary N) is 1. The first-order valence-corrected chi connectivity index (χ1v) is 6.50. The molecule has 0 aliphatic carbocycles. The average Bonchev–Trinajstić information content (AvgIpc) is 2.98. The number of rotatable bonds is 5. The minimum Gasteiger partial charge on any atom is -0.419 e. The van der Waals surface area contributed by atoms with Gasteiger partial charge in [0.2, 0.25) is 11.8 Å². The van der Waals surface area contributed by atoms with Crippen molar-refractivity contribution in [1.29, 1.82) is 0 Å². The van der Waals surface area contributed by atoms with Crippen LogP contribution < -0.4 is 5.32 Å². The van der Waals surface area contributed by atoms with E-state index in [9.17, 15) is 4.39 Å². The molecule has 0 saturated carbocycles. The normalized spacial score (nSPS) is 10.7. The van der Waals surface area contributed by atoms with Crippen LogP contribution in [0, 0.1) is 5.82 Å². The first-order valence-electron chi connectivity index (χ1n) is 6.50. The van der Waals surface area contributed by atoms with Gasteiger partial charge in [0.1, 0.15) is 5.82 Å². The molecule has 6 heteroatoms. The Morgan fingerprint density at radius 1 is 1.00 bits per heavy atom. The SMILES string of the molecule is Fc1ccc(-c2nnc(CNCc3ccccn3)o2)cc1. The van der Waals surface area contributed by atoms with Gasteiger partial charge in [0, 0.05) is 18.3 Å². The zero-order valence-corrected chi connectivity index (χ0v) is 11.2. The Morgan fingerprint density at radius 3 is 2.62 bits per heavy atom. The molecule has 106 valence electrons. The Hall–Kier alpha value is -2.60. The van der Waals surface area contributed by atoms with Crippen LogP contribution in [0.2, 0.25) is 0 Å². The standard InChI is InChI=1S/C15H13FN4O/c16-12-6-4-11(5-7-12)15-20-19-14(21-15)10-17-9-13-3-1-2-8-18-13/h1-8,17H,9-10H2. The summed E-state index contributed by atoms with van der Waals surface area (Å²) >= 11 is 0. The first kappa shape index (κ1) is 13.4. The van der Waals surface area contributed by atoms with Gasteiger partial charge < -0.3 is 9.73 Å². The maximum Gasteiger partial charge on any atom is 0.247 e. The molecule has 0 atom stereocenters. The van der Waals surface area contributed by atoms with Gasteiger partial charge in [-0.3, -0.25) is 4.98 Å². The lowest BCUT2D eigenvalue weighted by atomic mass is 10.2. The topological polar surface area (TPSA) is 63.8 Å². The molecule has 1 aromatic carbocycles. The summed E-state index contributed by atoms with van der Waals surface area (Å²) in [5, 5.41) is 11.1. The van der Waals surface area contributed by atoms with Crippen LogP contribution in [0.25, 0.3) is 11.5 Å². The van der Waals surface area contributed by atoms with Crippen LogP contribution in [0.5, 0.6) is 0 Å². The van der Waals surface area contributed by atoms with E-state index in [0.29, 0.717) is 30.4 Å². The summed E-state index contributed by atoms with van der Waals surface area (Å²) < 4.78 is 18.4. The predicted octanol–water partition coefficient (Wildman–Crippen LogP) is 2.56. The first-order chi connectivity index (χ1) is 10.3. The highest BCUT2D eigenvalue weighted by Gasteiger charge is 2.08. The number of hydrogen-bond acceptors (Lipinski definition) is 5. The summed E-state index contributed by atoms with van der Waals surface area (Å²) in [6.45, 7) is 1.07. The van der Waals surface area contributed by atoms with Gasteiger partial charge >= 0.3 is 0 Å². The van der Waals surface area contributed by atoms with Gasteiger partial charge in [-0.2, -0.15) is 0 Å². The van der Waals surface area contributed by atoms with E-state index in [-0.39, 0.29) is 5.82 Å². The number of benzene rings is 1. The van der Waals surface area contributed by atoms with Crippen LogP contribution in [0.15, 0.2) is 53.1 Å². The van der Waals surface area contributed by atoms with E-state index in [1.54, 1.807) is 18.3 Å². The molecule has 0 aliphatic heterocycles. The summed E-state index contributed by atoms with van der Waals surface area (Å²) in [7, 11) is 0. The average molecular weight is 284 g/mol. The summed E-state index contributed by atoms with van der Waals surface area (Å²) in [6, 6.07) is 11.7. The van der Waals surface area contributed by atoms with Crippen molar-refractivity contribution in [3.8, 4) is 11.5 Å². The highest BCUT2D eigenvalue weighted by molar-refractivity contribution is 5.51. The molecule has 0 fully saturated rings. The molecule has 0 amide bonds. The Bertz CT molecular complexity index is 697. The molecule has 2 heterocycles. The van der Waals surface area contributed by atoms with Gasteiger partial charge in [0.15, 0.2) is 0 Å². The summed E-state index contributed by atoms with van der Waals surface area (Å²) in [6.07, 6.45) is 1.75. The quantitative estimate of drug-likeness (QED) is 0.780. The molecule has 0 unspecified atom stereocenters. The minimum atomic E-state index is -0.296. The van der Waals surface area contributed by atoms with Crippen molar-refractivity contribution in [3.05, 3.63) is 66.1 Å². The fourth-order valence-electron chi connectivity index (χ4n) is 1.83. The Morgan fingerprint density at radius 2 is 1.86 bits per heavy atom. The van der Waals surface area contributed by atoms with E-state index < -0.39 is 0 Å². The van der Waals surface area contributed by atoms with Crippen LogP contribution in [0.4, 0.5) is 4.39 Å². The molecule has 0 bridgehead atoms. The smallest absolute Gasteiger partial charge is 0.247 e. The maximum atomic E-state index is 12.9. The zero-order chi connectivity index (χ0) is 14.5. The van der Waals surface area contributed by atoms with Crippen molar-refractivity contribution in [2.45, 2.75) is 13.1 Å². The van der Waals surface area contributed by atoms with Crippen molar-refractivity contribution in [2.24, 2.45) is 0 Å². The minimum absolute atomic E-state index is 0.296. The number of aromatic nitrogens is 3. The van der Waals surface area contributed by atoms with Crippen LogP contribution >= 0.6 is 0 Å². The van der Waals surface area contributed by atoms with E-state index >= 15 is 0 Å². The lowest BCUT2D eigenvalue weighted by molar-refractivity contribution is 0.476. The Balaban J connectivity index is 1.59. The highest BCUT2D eigenvalue weighted by atomic mass is 19.1. The number of halogens is 1. The van der Waals surface area contributed by atoms with Crippen LogP contribution in [0.3, 0.4) is 0 Å². The van der Waals surface area contributed by atoms with Gasteiger partial charge in [-0.25, -0.2) is 4.39 Å². The van der Waals surface area contributed by atoms with Crippen molar-refractivity contribution >= 4 is 0 Å². The maximum absolute atomic E-state index is 12.9. The zero-order valence-electron chi connectivity index (χ0n) is 11.2. The third-order valence-electron chi connectivity index (χ3n) is 2.87. The molecule has 21 heavy (non-hydrogen) atoms. The molecule has 3 rings (SSSR count). The van der Waals surface area contributed by atoms with Crippen LogP contribution in [-0.2, 0) is 13.1 Å². The van der Waals surface area contributed by atoms with E-state index in [1.165, 1.54) is 12.1 Å². The van der Waals surface area contributed by atoms with E-state index in [4.69, 9.17) is 4.42 Å². The van der Waals surface area contributed by atoms with Gasteiger partial charge in [-0.05, 0) is 36.4 Å². The Labute approximate surface area is 120 Å². The molecular weight excluding hydrogens is 271 g/mol. The van der Waals surface area contributed by atoms with Gasteiger partial charge in [0.25, 0.3) is 0 Å². The molecule has 0 aliphatic rings. The van der Waals surface area contributed by atoms with E-state index in [2.05, 4.69) is 20.5 Å². The van der Waals surface area contributed by atoms with Crippen molar-refractivity contribution in [2.75, 3.05) is 0 Å². The van der Waals surface area contributed by atoms with Crippen molar-refractivity contribution < 1.29 is 8.81 Å². The molecule has 0 radical (unpaired) electrons. The molecule has 0 spiro atoms. The number of nitrogens with zero attached hydrogens (tertiary/aromatic N) is 3. The predicted molar refractivity (Wildman–Crippen MR) is 74.5 cm³/mol. The van der Waals surface area contributed by atoms with Crippen molar-refractivity contribution in [3.63, 3.8) is 0 Å². The fraction of sp³-hybridized carbons (Fsp3) is 0.133. The molecule has 3 aromatic rings. The fourth-order valence-corrected chi connectivity index (χ4v) is 1.83. The van der Waals surface area contributed by atoms with Crippen LogP contribution in [-0.4, -0.2) is 15.2 Å². The van der Waals surface area contributed by atoms with E-state index in [1.807, 2.05) is 18.2 Å². The third kappa shape index (κ3) is 3.49. The van der Waals surface area contributed by atoms with E-state index in [0.717, 1.165) is 5.69 Å². The molecule has 1 N–H and O–H groups in total. The lowest BCUT2D eigenvalue weighted by Gasteiger charge is -2.00. The van der Waals surface area contributed by atoms with Crippen molar-refractivity contribution in [1.82, 2.24) is 20.5 Å². The number of pyridine rings is 1. The second-order valence-electron chi connectivity index (χ2n) is 4.43. The molecule has 5 nitrogen and oxygen atoms in total. The van der Waals surface area contributed by atoms with Gasteiger partial charge in [0.05, 0.1) is 12.2 Å². The monoisotopic (exact) mass is 284 g/mol. The van der Waals surface area contributed by atoms with Gasteiger partial charge in [-0.1, -0.05) is 6.07 Å². The Kier molecular flexibility index (Phi) is 3.97. The lowest BCUT2D eigenvalue weighted by Crippen LogP contribution is -2.13. The summed E-state index contributed by atoms with van der Waals surface area (Å²) in [5.74, 6) is 0.561. The summed E-state index contributed by atoms with van der Waals surface area (Å²) in [4.78, 5) is 4.21. The second kappa shape index (κ2) is 6.23. The second-order valence-corrected chi connectivity index (χ2v) is 4.43.